The lowest BCUT2D eigenvalue weighted by atomic mass is 10.1. The fraction of sp³-hybridized carbons (Fsp3) is 0.167. The van der Waals surface area contributed by atoms with Crippen molar-refractivity contribution in [2.75, 3.05) is 18.6 Å². The maximum atomic E-state index is 13.3. The van der Waals surface area contributed by atoms with Gasteiger partial charge in [-0.2, -0.15) is 0 Å². The van der Waals surface area contributed by atoms with E-state index in [1.807, 2.05) is 31.3 Å². The summed E-state index contributed by atoms with van der Waals surface area (Å²) in [6, 6.07) is 11.8. The Morgan fingerprint density at radius 3 is 2.80 bits per heavy atom. The van der Waals surface area contributed by atoms with E-state index in [1.165, 1.54) is 17.0 Å². The molecule has 5 nitrogen and oxygen atoms in total. The third kappa shape index (κ3) is 2.81. The molecule has 3 aromatic rings. The van der Waals surface area contributed by atoms with Crippen LogP contribution in [0.1, 0.15) is 15.4 Å². The molecule has 25 heavy (non-hydrogen) atoms. The molecule has 1 aromatic heterocycles. The maximum absolute atomic E-state index is 13.3. The van der Waals surface area contributed by atoms with Crippen LogP contribution in [0.25, 0.3) is 10.2 Å². The van der Waals surface area contributed by atoms with Crippen LogP contribution in [0.5, 0.6) is 0 Å². The van der Waals surface area contributed by atoms with E-state index in [2.05, 4.69) is 4.98 Å². The highest BCUT2D eigenvalue weighted by Gasteiger charge is 2.37. The fourth-order valence-corrected chi connectivity index (χ4v) is 4.09. The van der Waals surface area contributed by atoms with Gasteiger partial charge in [-0.3, -0.25) is 14.5 Å². The number of nitrogens with one attached hydrogen (secondary N) is 1. The van der Waals surface area contributed by atoms with Crippen molar-refractivity contribution in [1.29, 1.82) is 0 Å². The first-order chi connectivity index (χ1) is 12.0. The second-order valence-corrected chi connectivity index (χ2v) is 7.21. The predicted molar refractivity (Wildman–Crippen MR) is 93.3 cm³/mol. The van der Waals surface area contributed by atoms with E-state index in [0.717, 1.165) is 26.2 Å². The van der Waals surface area contributed by atoms with Crippen molar-refractivity contribution in [2.24, 2.45) is 0 Å². The lowest BCUT2D eigenvalue weighted by molar-refractivity contribution is -0.892. The number of carbonyl (C=O) groups is 2. The third-order valence-corrected chi connectivity index (χ3v) is 5.19. The van der Waals surface area contributed by atoms with Gasteiger partial charge in [-0.15, -0.1) is 11.3 Å². The molecule has 0 spiro atoms. The summed E-state index contributed by atoms with van der Waals surface area (Å²) in [5.74, 6) is -1.77. The van der Waals surface area contributed by atoms with Crippen LogP contribution >= 0.6 is 11.3 Å². The van der Waals surface area contributed by atoms with Crippen LogP contribution < -0.4 is 9.80 Å². The highest BCUT2D eigenvalue weighted by Crippen LogP contribution is 2.28. The average molecular weight is 356 g/mol. The van der Waals surface area contributed by atoms with E-state index in [-0.39, 0.29) is 5.56 Å². The van der Waals surface area contributed by atoms with Gasteiger partial charge in [-0.25, -0.2) is 9.37 Å². The van der Waals surface area contributed by atoms with E-state index in [1.54, 1.807) is 11.3 Å². The Morgan fingerprint density at radius 2 is 2.00 bits per heavy atom. The smallest absolute Gasteiger partial charge is 0.303 e. The number of hydrogen-bond donors (Lipinski definition) is 1. The first-order valence-electron chi connectivity index (χ1n) is 7.84. The van der Waals surface area contributed by atoms with E-state index in [4.69, 9.17) is 0 Å². The van der Waals surface area contributed by atoms with Crippen LogP contribution in [0.15, 0.2) is 42.5 Å². The highest BCUT2D eigenvalue weighted by molar-refractivity contribution is 7.18. The Balaban J connectivity index is 1.54. The summed E-state index contributed by atoms with van der Waals surface area (Å²) in [5.41, 5.74) is 1.57. The molecule has 0 saturated carbocycles. The molecule has 0 aliphatic carbocycles. The number of benzene rings is 2. The van der Waals surface area contributed by atoms with Crippen molar-refractivity contribution in [3.63, 3.8) is 0 Å². The number of amides is 1. The molecule has 1 N–H and O–H groups in total. The zero-order chi connectivity index (χ0) is 17.6. The zero-order valence-corrected chi connectivity index (χ0v) is 14.3. The number of thiazole rings is 1. The number of Topliss-reactive ketones (excluding diaryl/α,β-unsaturated/α-hetero) is 1. The third-order valence-electron chi connectivity index (χ3n) is 4.15. The Hall–Kier alpha value is -2.64. The molecule has 2 aromatic carbocycles. The molecule has 1 atom stereocenters. The summed E-state index contributed by atoms with van der Waals surface area (Å²) in [4.78, 5) is 31.3. The van der Waals surface area contributed by atoms with Gasteiger partial charge >= 0.3 is 5.91 Å². The lowest BCUT2D eigenvalue weighted by Crippen LogP contribution is -3.09. The topological polar surface area (TPSA) is 54.7 Å². The standard InChI is InChI=1S/C18H14FN3O2S/c1-21(9-16-20-13-4-2-3-5-15(13)25-16)10-22-14-7-6-11(19)8-12(14)17(23)18(22)24/h2-8H,9-10H2,1H3/p+1. The van der Waals surface area contributed by atoms with Crippen molar-refractivity contribution in [2.45, 2.75) is 6.54 Å². The summed E-state index contributed by atoms with van der Waals surface area (Å²) < 4.78 is 14.5. The molecular weight excluding hydrogens is 341 g/mol. The zero-order valence-electron chi connectivity index (χ0n) is 13.5. The van der Waals surface area contributed by atoms with Crippen LogP contribution in [-0.4, -0.2) is 30.4 Å². The van der Waals surface area contributed by atoms with E-state index < -0.39 is 17.5 Å². The average Bonchev–Trinajstić information content (AvgIpc) is 3.09. The number of aromatic nitrogens is 1. The first-order valence-corrected chi connectivity index (χ1v) is 8.66. The van der Waals surface area contributed by atoms with Gasteiger partial charge < -0.3 is 4.90 Å². The summed E-state index contributed by atoms with van der Waals surface area (Å²) in [6.45, 7) is 0.951. The van der Waals surface area contributed by atoms with Crippen LogP contribution in [0.2, 0.25) is 0 Å². The van der Waals surface area contributed by atoms with E-state index in [0.29, 0.717) is 18.9 Å². The van der Waals surface area contributed by atoms with Gasteiger partial charge in [0, 0.05) is 0 Å². The number of para-hydroxylation sites is 1. The van der Waals surface area contributed by atoms with Crippen LogP contribution in [0.3, 0.4) is 0 Å². The first kappa shape index (κ1) is 15.9. The largest absolute Gasteiger partial charge is 0.314 e. The second kappa shape index (κ2) is 6.02. The van der Waals surface area contributed by atoms with Gasteiger partial charge in [-0.05, 0) is 30.3 Å². The van der Waals surface area contributed by atoms with Crippen molar-refractivity contribution in [1.82, 2.24) is 4.98 Å². The summed E-state index contributed by atoms with van der Waals surface area (Å²) in [7, 11) is 1.94. The number of nitrogens with zero attached hydrogens (tertiary/aromatic N) is 2. The number of hydrogen-bond acceptors (Lipinski definition) is 4. The van der Waals surface area contributed by atoms with Gasteiger partial charge in [0.1, 0.15) is 17.4 Å². The summed E-state index contributed by atoms with van der Waals surface area (Å²) >= 11 is 1.62. The number of anilines is 1. The summed E-state index contributed by atoms with van der Waals surface area (Å²) in [6.07, 6.45) is 0. The molecule has 2 heterocycles. The Labute approximate surface area is 147 Å². The van der Waals surface area contributed by atoms with Gasteiger partial charge in [0.05, 0.1) is 28.5 Å². The van der Waals surface area contributed by atoms with Gasteiger partial charge in [0.2, 0.25) is 0 Å². The number of halogens is 1. The minimum absolute atomic E-state index is 0.137. The molecule has 4 rings (SSSR count). The minimum atomic E-state index is -0.651. The highest BCUT2D eigenvalue weighted by atomic mass is 32.1. The number of fused-ring (bicyclic) bond motifs is 2. The Bertz CT molecular complexity index is 968. The van der Waals surface area contributed by atoms with Gasteiger partial charge in [0.25, 0.3) is 5.78 Å². The molecule has 0 saturated heterocycles. The molecule has 1 aliphatic rings. The van der Waals surface area contributed by atoms with Crippen molar-refractivity contribution in [3.05, 3.63) is 58.9 Å². The molecule has 126 valence electrons. The second-order valence-electron chi connectivity index (χ2n) is 6.09. The van der Waals surface area contributed by atoms with Crippen molar-refractivity contribution >= 4 is 38.9 Å². The SMILES string of the molecule is C[NH+](Cc1nc2ccccc2s1)CN1C(=O)C(=O)c2cc(F)ccc21. The van der Waals surface area contributed by atoms with Crippen LogP contribution in [-0.2, 0) is 11.3 Å². The predicted octanol–water partition coefficient (Wildman–Crippen LogP) is 1.64. The Kier molecular flexibility index (Phi) is 3.82. The fourth-order valence-electron chi connectivity index (χ4n) is 3.01. The van der Waals surface area contributed by atoms with E-state index >= 15 is 0 Å². The molecule has 1 unspecified atom stereocenters. The quantitative estimate of drug-likeness (QED) is 0.723. The van der Waals surface area contributed by atoms with Crippen molar-refractivity contribution < 1.29 is 18.9 Å². The molecule has 0 fully saturated rings. The number of ketones is 1. The monoisotopic (exact) mass is 356 g/mol. The van der Waals surface area contributed by atoms with Crippen molar-refractivity contribution in [3.8, 4) is 0 Å². The molecule has 1 aliphatic heterocycles. The lowest BCUT2D eigenvalue weighted by Gasteiger charge is -2.20. The van der Waals surface area contributed by atoms with Gasteiger partial charge in [0.15, 0.2) is 6.67 Å². The Morgan fingerprint density at radius 1 is 1.20 bits per heavy atom. The molecule has 0 radical (unpaired) electrons. The molecular formula is C18H15FN3O2S+. The van der Waals surface area contributed by atoms with Crippen LogP contribution in [0.4, 0.5) is 10.1 Å². The van der Waals surface area contributed by atoms with E-state index in [9.17, 15) is 14.0 Å². The van der Waals surface area contributed by atoms with Gasteiger partial charge in [-0.1, -0.05) is 12.1 Å². The maximum Gasteiger partial charge on any atom is 0.303 e. The van der Waals surface area contributed by atoms with Crippen LogP contribution in [0, 0.1) is 5.82 Å². The number of carbonyl (C=O) groups excluding carboxylic acids is 2. The molecule has 1 amide bonds. The molecule has 7 heteroatoms. The summed E-state index contributed by atoms with van der Waals surface area (Å²) in [5, 5.41) is 0.969. The number of quaternary nitrogens is 1. The normalized spacial score (nSPS) is 15.0. The number of rotatable bonds is 4. The minimum Gasteiger partial charge on any atom is -0.314 e. The molecule has 0 bridgehead atoms.